The monoisotopic (exact) mass is 1610 g/mol. The summed E-state index contributed by atoms with van der Waals surface area (Å²) >= 11 is 15.1. The van der Waals surface area contributed by atoms with E-state index < -0.39 is 0 Å². The van der Waals surface area contributed by atoms with E-state index in [1.54, 1.807) is 22.7 Å². The minimum atomic E-state index is 0.0387. The van der Waals surface area contributed by atoms with E-state index in [1.165, 1.54) is 306 Å². The summed E-state index contributed by atoms with van der Waals surface area (Å²) in [6.07, 6.45) is 57.6. The summed E-state index contributed by atoms with van der Waals surface area (Å²) in [5, 5.41) is 2.23. The molecule has 0 N–H and O–H groups in total. The zero-order chi connectivity index (χ0) is 76.0. The number of carbonyl (C=O) groups excluding carboxylic acids is 2. The molecule has 2 aliphatic rings. The Kier molecular flexibility index (Phi) is 37.0. The molecule has 6 nitrogen and oxygen atoms in total. The Hall–Kier alpha value is -4.12. The van der Waals surface area contributed by atoms with Gasteiger partial charge in [-0.15, -0.1) is 90.7 Å². The van der Waals surface area contributed by atoms with E-state index in [1.807, 2.05) is 68.0 Å². The maximum Gasteiger partial charge on any atom is 0.261 e. The van der Waals surface area contributed by atoms with E-state index >= 15 is 9.59 Å². The van der Waals surface area contributed by atoms with Gasteiger partial charge in [0, 0.05) is 69.4 Å². The highest BCUT2D eigenvalue weighted by atomic mass is 32.1. The zero-order valence-electron chi connectivity index (χ0n) is 68.3. The van der Waals surface area contributed by atoms with E-state index in [0.717, 1.165) is 89.0 Å². The van der Waals surface area contributed by atoms with Crippen LogP contribution in [0.4, 0.5) is 0 Å². The lowest BCUT2D eigenvalue weighted by Crippen LogP contribution is -2.34. The van der Waals surface area contributed by atoms with Crippen LogP contribution < -0.4 is 0 Å². The molecule has 8 aromatic heterocycles. The number of nitrogens with zero attached hydrogens (tertiary/aromatic N) is 4. The molecule has 2 unspecified atom stereocenters. The van der Waals surface area contributed by atoms with Crippen molar-refractivity contribution in [3.05, 3.63) is 114 Å². The van der Waals surface area contributed by atoms with Crippen LogP contribution in [0.1, 0.15) is 354 Å². The summed E-state index contributed by atoms with van der Waals surface area (Å²) in [4.78, 5) is 65.6. The van der Waals surface area contributed by atoms with E-state index in [0.29, 0.717) is 36.1 Å². The van der Waals surface area contributed by atoms with Gasteiger partial charge >= 0.3 is 0 Å². The quantitative estimate of drug-likeness (QED) is 0.0356. The minimum Gasteiger partial charge on any atom is -0.306 e. The van der Waals surface area contributed by atoms with Crippen LogP contribution in [0.15, 0.2) is 72.1 Å². The zero-order valence-corrected chi connectivity index (χ0v) is 74.9. The SMILES string of the molecule is CCCCCCCCC(CCCCCC)CN1C(=O)C2=C(c3ccc(-c4cc(CCCCCC)c(-c5ncc(-c6cc(CCCCCC)c(-c7sc(-c8cnc(C)s8)cc7CCCCCC)s6)s5)s4)s3)N(CC(CCCCCC)CCCCCCCC)C(=O)C2=C1c1ccc(-c2cc(CCCCCC)c(C)s2)s1. The number of thiazole rings is 2. The average Bonchev–Trinajstić information content (AvgIpc) is 1.55. The standard InChI is InChI=1S/C94H134N4O2S8/c1-11-19-27-35-37-41-49-69(47-39-29-21-13-3)65-97-87(77-57-55-75(103-77)79-59-71(67(9)101-79)51-43-31-23-15-5)85-86(94(97)100)88(98(93(85)99)66-70(48-40-30-22-14-4)50-42-38-36-28-20-12-2)78-58-56-76(104-78)80-62-74(54-46-34-26-18-8)91(107-80)92-96-64-84(108-92)82-61-73(53-45-33-25-17-7)90(106-82)89-72(52-44-32-24-16-6)60-81(105-89)83-63-95-68(10)102-83/h55-64,69-70H,11-54,65-66H2,1-10H3. The molecule has 0 aliphatic carbocycles. The highest BCUT2D eigenvalue weighted by Gasteiger charge is 2.50. The van der Waals surface area contributed by atoms with Crippen LogP contribution in [0.25, 0.3) is 70.1 Å². The van der Waals surface area contributed by atoms with Gasteiger partial charge in [0.05, 0.1) is 51.9 Å². The van der Waals surface area contributed by atoms with Gasteiger partial charge in [0.15, 0.2) is 0 Å². The van der Waals surface area contributed by atoms with Gasteiger partial charge in [-0.3, -0.25) is 9.59 Å². The first-order valence-electron chi connectivity index (χ1n) is 43.6. The Morgan fingerprint density at radius 3 is 1.03 bits per heavy atom. The maximum atomic E-state index is 16.6. The molecule has 0 fully saturated rings. The number of fused-ring (bicyclic) bond motifs is 1. The molecule has 0 spiro atoms. The lowest BCUT2D eigenvalue weighted by atomic mass is 9.93. The first kappa shape index (κ1) is 86.3. The van der Waals surface area contributed by atoms with Crippen molar-refractivity contribution in [2.24, 2.45) is 11.8 Å². The fourth-order valence-corrected chi connectivity index (χ4v) is 25.5. The predicted octanol–water partition coefficient (Wildman–Crippen LogP) is 32.6. The Morgan fingerprint density at radius 2 is 0.620 bits per heavy atom. The van der Waals surface area contributed by atoms with Crippen molar-refractivity contribution >= 4 is 114 Å². The number of hydrogen-bond donors (Lipinski definition) is 0. The van der Waals surface area contributed by atoms with Crippen molar-refractivity contribution in [1.82, 2.24) is 19.8 Å². The third-order valence-corrected chi connectivity index (χ3v) is 32.6. The summed E-state index contributed by atoms with van der Waals surface area (Å²) in [5.74, 6) is 0.771. The Balaban J connectivity index is 1.06. The average molecular weight is 1610 g/mol. The largest absolute Gasteiger partial charge is 0.306 e. The third kappa shape index (κ3) is 24.0. The van der Waals surface area contributed by atoms with Crippen LogP contribution in [0.5, 0.6) is 0 Å². The number of amides is 2. The fraction of sp³-hybridized carbons (Fsp3) is 0.617. The van der Waals surface area contributed by atoms with Crippen molar-refractivity contribution in [2.75, 3.05) is 13.1 Å². The lowest BCUT2D eigenvalue weighted by molar-refractivity contribution is -0.124. The Labute approximate surface area is 686 Å². The minimum absolute atomic E-state index is 0.0387. The molecule has 8 aromatic rings. The van der Waals surface area contributed by atoms with Crippen LogP contribution in [0, 0.1) is 25.7 Å². The molecule has 2 aliphatic heterocycles. The number of unbranched alkanes of at least 4 members (excludes halogenated alkanes) is 28. The van der Waals surface area contributed by atoms with E-state index in [9.17, 15) is 0 Å². The molecule has 2 amide bonds. The van der Waals surface area contributed by atoms with Gasteiger partial charge in [0.1, 0.15) is 5.01 Å². The summed E-state index contributed by atoms with van der Waals surface area (Å²) in [6.45, 7) is 24.2. The Bertz CT molecular complexity index is 4050. The first-order valence-corrected chi connectivity index (χ1v) is 50.2. The number of hydrogen-bond acceptors (Lipinski definition) is 12. The second-order valence-corrected chi connectivity index (χ2v) is 40.6. The van der Waals surface area contributed by atoms with Crippen molar-refractivity contribution in [3.63, 3.8) is 0 Å². The van der Waals surface area contributed by atoms with Gasteiger partial charge in [-0.05, 0) is 174 Å². The molecular weight excluding hydrogens is 1470 g/mol. The molecule has 590 valence electrons. The molecule has 0 aromatic carbocycles. The summed E-state index contributed by atoms with van der Waals surface area (Å²) < 4.78 is 0. The van der Waals surface area contributed by atoms with Crippen molar-refractivity contribution in [2.45, 2.75) is 352 Å². The number of aromatic nitrogens is 2. The van der Waals surface area contributed by atoms with Crippen LogP contribution >= 0.6 is 90.7 Å². The molecule has 10 heterocycles. The van der Waals surface area contributed by atoms with Gasteiger partial charge < -0.3 is 9.80 Å². The smallest absolute Gasteiger partial charge is 0.261 e. The molecule has 10 rings (SSSR count). The third-order valence-electron chi connectivity index (χ3n) is 22.8. The van der Waals surface area contributed by atoms with E-state index in [2.05, 4.69) is 140 Å². The Morgan fingerprint density at radius 1 is 0.306 bits per heavy atom. The molecule has 0 radical (unpaired) electrons. The highest BCUT2D eigenvalue weighted by Crippen LogP contribution is 2.54. The molecule has 0 saturated heterocycles. The molecule has 14 heteroatoms. The number of carbonyl (C=O) groups is 2. The van der Waals surface area contributed by atoms with Gasteiger partial charge in [-0.1, -0.05) is 261 Å². The normalized spacial score (nSPS) is 13.9. The van der Waals surface area contributed by atoms with Crippen LogP contribution in [-0.2, 0) is 35.3 Å². The number of thiophene rings is 6. The van der Waals surface area contributed by atoms with Crippen LogP contribution in [-0.4, -0.2) is 44.7 Å². The molecule has 2 atom stereocenters. The van der Waals surface area contributed by atoms with Crippen molar-refractivity contribution in [3.8, 4) is 58.7 Å². The van der Waals surface area contributed by atoms with Gasteiger partial charge in [0.25, 0.3) is 11.8 Å². The summed E-state index contributed by atoms with van der Waals surface area (Å²) in [5.41, 5.74) is 8.92. The van der Waals surface area contributed by atoms with Crippen LogP contribution in [0.3, 0.4) is 0 Å². The second kappa shape index (κ2) is 46.3. The molecule has 0 saturated carbocycles. The van der Waals surface area contributed by atoms with Crippen molar-refractivity contribution in [1.29, 1.82) is 0 Å². The fourth-order valence-electron chi connectivity index (χ4n) is 16.4. The van der Waals surface area contributed by atoms with E-state index in [4.69, 9.17) is 9.97 Å². The molecular formula is C94H134N4O2S8. The topological polar surface area (TPSA) is 66.4 Å². The number of aryl methyl sites for hydroxylation is 6. The van der Waals surface area contributed by atoms with Gasteiger partial charge in [-0.2, -0.15) is 0 Å². The summed E-state index contributed by atoms with van der Waals surface area (Å²) in [7, 11) is 0. The van der Waals surface area contributed by atoms with E-state index in [-0.39, 0.29) is 11.8 Å². The van der Waals surface area contributed by atoms with Gasteiger partial charge in [-0.25, -0.2) is 9.97 Å². The van der Waals surface area contributed by atoms with Gasteiger partial charge in [0.2, 0.25) is 0 Å². The predicted molar refractivity (Wildman–Crippen MR) is 483 cm³/mol. The number of rotatable bonds is 56. The highest BCUT2D eigenvalue weighted by molar-refractivity contribution is 7.30. The maximum absolute atomic E-state index is 16.6. The summed E-state index contributed by atoms with van der Waals surface area (Å²) in [6, 6.07) is 19.2. The molecule has 0 bridgehead atoms. The first-order chi connectivity index (χ1) is 52.9. The lowest BCUT2D eigenvalue weighted by Gasteiger charge is -2.29. The molecule has 108 heavy (non-hydrogen) atoms. The van der Waals surface area contributed by atoms with Crippen molar-refractivity contribution < 1.29 is 9.59 Å². The van der Waals surface area contributed by atoms with Crippen LogP contribution in [0.2, 0.25) is 0 Å². The second-order valence-electron chi connectivity index (χ2n) is 31.8.